The molecule has 0 aliphatic rings. The highest BCUT2D eigenvalue weighted by Crippen LogP contribution is 2.13. The van der Waals surface area contributed by atoms with Gasteiger partial charge in [0, 0.05) is 37.3 Å². The van der Waals surface area contributed by atoms with Crippen molar-refractivity contribution < 1.29 is 0 Å². The fourth-order valence-electron chi connectivity index (χ4n) is 1.13. The molecule has 5 heteroatoms. The maximum atomic E-state index is 5.61. The third kappa shape index (κ3) is 1.82. The molecule has 0 saturated heterocycles. The molecule has 0 aliphatic carbocycles. The fourth-order valence-corrected chi connectivity index (χ4v) is 1.13. The second-order valence-electron chi connectivity index (χ2n) is 2.97. The zero-order valence-corrected chi connectivity index (χ0v) is 7.81. The molecule has 0 amide bonds. The van der Waals surface area contributed by atoms with E-state index in [1.54, 1.807) is 23.0 Å². The van der Waals surface area contributed by atoms with Crippen LogP contribution in [-0.4, -0.2) is 14.8 Å². The molecule has 0 radical (unpaired) electrons. The van der Waals surface area contributed by atoms with Crippen LogP contribution >= 0.6 is 0 Å². The Morgan fingerprint density at radius 3 is 2.86 bits per heavy atom. The SMILES string of the molecule is Cn1ccc(Nc2cc(N)ccn2)n1. The van der Waals surface area contributed by atoms with Crippen molar-refractivity contribution in [3.63, 3.8) is 0 Å². The molecule has 3 N–H and O–H groups in total. The van der Waals surface area contributed by atoms with Crippen LogP contribution in [0.15, 0.2) is 30.6 Å². The van der Waals surface area contributed by atoms with Crippen LogP contribution in [0.25, 0.3) is 0 Å². The van der Waals surface area contributed by atoms with E-state index >= 15 is 0 Å². The molecule has 0 fully saturated rings. The van der Waals surface area contributed by atoms with Gasteiger partial charge in [-0.25, -0.2) is 4.98 Å². The maximum absolute atomic E-state index is 5.61. The highest BCUT2D eigenvalue weighted by molar-refractivity contribution is 5.56. The third-order valence-electron chi connectivity index (χ3n) is 1.75. The molecule has 5 nitrogen and oxygen atoms in total. The van der Waals surface area contributed by atoms with Gasteiger partial charge in [0.15, 0.2) is 5.82 Å². The minimum atomic E-state index is 0.679. The van der Waals surface area contributed by atoms with Crippen molar-refractivity contribution in [3.05, 3.63) is 30.6 Å². The molecule has 14 heavy (non-hydrogen) atoms. The number of nitrogens with one attached hydrogen (secondary N) is 1. The lowest BCUT2D eigenvalue weighted by molar-refractivity contribution is 0.771. The molecule has 2 rings (SSSR count). The molecular formula is C9H11N5. The van der Waals surface area contributed by atoms with Gasteiger partial charge in [0.1, 0.15) is 5.82 Å². The number of rotatable bonds is 2. The number of aromatic nitrogens is 3. The lowest BCUT2D eigenvalue weighted by Crippen LogP contribution is -1.96. The standard InChI is InChI=1S/C9H11N5/c1-14-5-3-8(13-14)12-9-6-7(10)2-4-11-9/h2-6H,1H3,(H3,10,11,12,13). The largest absolute Gasteiger partial charge is 0.399 e. The first-order valence-corrected chi connectivity index (χ1v) is 4.22. The molecule has 72 valence electrons. The summed E-state index contributed by atoms with van der Waals surface area (Å²) in [5.41, 5.74) is 6.29. The molecule has 0 aromatic carbocycles. The summed E-state index contributed by atoms with van der Waals surface area (Å²) in [6.45, 7) is 0. The minimum absolute atomic E-state index is 0.679. The van der Waals surface area contributed by atoms with E-state index in [9.17, 15) is 0 Å². The lowest BCUT2D eigenvalue weighted by atomic mass is 10.4. The van der Waals surface area contributed by atoms with Crippen LogP contribution in [-0.2, 0) is 7.05 Å². The molecule has 2 aromatic heterocycles. The van der Waals surface area contributed by atoms with E-state index in [1.807, 2.05) is 19.3 Å². The van der Waals surface area contributed by atoms with Crippen molar-refractivity contribution >= 4 is 17.3 Å². The Morgan fingerprint density at radius 1 is 1.36 bits per heavy atom. The number of nitrogens with zero attached hydrogens (tertiary/aromatic N) is 3. The summed E-state index contributed by atoms with van der Waals surface area (Å²) in [7, 11) is 1.86. The smallest absolute Gasteiger partial charge is 0.153 e. The average Bonchev–Trinajstić information content (AvgIpc) is 2.51. The number of pyridine rings is 1. The van der Waals surface area contributed by atoms with Gasteiger partial charge in [-0.1, -0.05) is 0 Å². The number of hydrogen-bond donors (Lipinski definition) is 2. The number of nitrogen functional groups attached to an aromatic ring is 1. The predicted octanol–water partition coefficient (Wildman–Crippen LogP) is 1.14. The van der Waals surface area contributed by atoms with Crippen molar-refractivity contribution in [1.29, 1.82) is 0 Å². The summed E-state index contributed by atoms with van der Waals surface area (Å²) in [6, 6.07) is 5.36. The Morgan fingerprint density at radius 2 is 2.21 bits per heavy atom. The lowest BCUT2D eigenvalue weighted by Gasteiger charge is -2.01. The van der Waals surface area contributed by atoms with Crippen molar-refractivity contribution in [2.24, 2.45) is 7.05 Å². The highest BCUT2D eigenvalue weighted by atomic mass is 15.3. The zero-order valence-electron chi connectivity index (χ0n) is 7.81. The Labute approximate surface area is 81.6 Å². The Hall–Kier alpha value is -2.04. The first-order valence-electron chi connectivity index (χ1n) is 4.22. The first kappa shape index (κ1) is 8.55. The molecular weight excluding hydrogens is 178 g/mol. The monoisotopic (exact) mass is 189 g/mol. The van der Waals surface area contributed by atoms with Crippen LogP contribution < -0.4 is 11.1 Å². The number of aryl methyl sites for hydroxylation is 1. The normalized spacial score (nSPS) is 10.1. The average molecular weight is 189 g/mol. The Kier molecular flexibility index (Phi) is 2.06. The molecule has 0 bridgehead atoms. The number of anilines is 3. The van der Waals surface area contributed by atoms with E-state index in [-0.39, 0.29) is 0 Å². The van der Waals surface area contributed by atoms with E-state index in [1.165, 1.54) is 0 Å². The second-order valence-corrected chi connectivity index (χ2v) is 2.97. The second kappa shape index (κ2) is 3.37. The van der Waals surface area contributed by atoms with Gasteiger partial charge < -0.3 is 11.1 Å². The fraction of sp³-hybridized carbons (Fsp3) is 0.111. The van der Waals surface area contributed by atoms with Crippen LogP contribution in [0.2, 0.25) is 0 Å². The molecule has 2 aromatic rings. The van der Waals surface area contributed by atoms with E-state index in [2.05, 4.69) is 15.4 Å². The van der Waals surface area contributed by atoms with E-state index in [4.69, 9.17) is 5.73 Å². The van der Waals surface area contributed by atoms with Crippen molar-refractivity contribution in [3.8, 4) is 0 Å². The van der Waals surface area contributed by atoms with E-state index in [0.29, 0.717) is 11.5 Å². The molecule has 2 heterocycles. The quantitative estimate of drug-likeness (QED) is 0.743. The van der Waals surface area contributed by atoms with Crippen LogP contribution in [0.5, 0.6) is 0 Å². The number of nitrogens with two attached hydrogens (primary N) is 1. The summed E-state index contributed by atoms with van der Waals surface area (Å²) in [5, 5.41) is 7.20. The Balaban J connectivity index is 2.18. The van der Waals surface area contributed by atoms with E-state index < -0.39 is 0 Å². The van der Waals surface area contributed by atoms with Gasteiger partial charge in [-0.15, -0.1) is 0 Å². The zero-order chi connectivity index (χ0) is 9.97. The summed E-state index contributed by atoms with van der Waals surface area (Å²) in [5.74, 6) is 1.45. The summed E-state index contributed by atoms with van der Waals surface area (Å²) >= 11 is 0. The summed E-state index contributed by atoms with van der Waals surface area (Å²) < 4.78 is 1.72. The van der Waals surface area contributed by atoms with Crippen molar-refractivity contribution in [2.75, 3.05) is 11.1 Å². The third-order valence-corrected chi connectivity index (χ3v) is 1.75. The van der Waals surface area contributed by atoms with Crippen LogP contribution in [0.1, 0.15) is 0 Å². The van der Waals surface area contributed by atoms with Crippen molar-refractivity contribution in [2.45, 2.75) is 0 Å². The van der Waals surface area contributed by atoms with Crippen LogP contribution in [0.3, 0.4) is 0 Å². The van der Waals surface area contributed by atoms with Gasteiger partial charge in [-0.05, 0) is 6.07 Å². The summed E-state index contributed by atoms with van der Waals surface area (Å²) in [4.78, 5) is 4.10. The maximum Gasteiger partial charge on any atom is 0.153 e. The molecule has 0 spiro atoms. The molecule has 0 saturated carbocycles. The van der Waals surface area contributed by atoms with Gasteiger partial charge in [-0.2, -0.15) is 5.10 Å². The topological polar surface area (TPSA) is 68.8 Å². The Bertz CT molecular complexity index is 434. The molecule has 0 aliphatic heterocycles. The molecule has 0 unspecified atom stereocenters. The van der Waals surface area contributed by atoms with Crippen LogP contribution in [0, 0.1) is 0 Å². The van der Waals surface area contributed by atoms with E-state index in [0.717, 1.165) is 5.82 Å². The van der Waals surface area contributed by atoms with Crippen molar-refractivity contribution in [1.82, 2.24) is 14.8 Å². The number of hydrogen-bond acceptors (Lipinski definition) is 4. The van der Waals surface area contributed by atoms with Gasteiger partial charge in [0.05, 0.1) is 0 Å². The van der Waals surface area contributed by atoms with Gasteiger partial charge >= 0.3 is 0 Å². The first-order chi connectivity index (χ1) is 6.74. The van der Waals surface area contributed by atoms with Gasteiger partial charge in [0.2, 0.25) is 0 Å². The summed E-state index contributed by atoms with van der Waals surface area (Å²) in [6.07, 6.45) is 3.51. The van der Waals surface area contributed by atoms with Gasteiger partial charge in [-0.3, -0.25) is 4.68 Å². The highest BCUT2D eigenvalue weighted by Gasteiger charge is 1.98. The predicted molar refractivity (Wildman–Crippen MR) is 55.1 cm³/mol. The minimum Gasteiger partial charge on any atom is -0.399 e. The van der Waals surface area contributed by atoms with Crippen LogP contribution in [0.4, 0.5) is 17.3 Å². The molecule has 0 atom stereocenters. The van der Waals surface area contributed by atoms with Gasteiger partial charge in [0.25, 0.3) is 0 Å².